The summed E-state index contributed by atoms with van der Waals surface area (Å²) in [6.45, 7) is 1.84. The highest BCUT2D eigenvalue weighted by Crippen LogP contribution is 2.38. The van der Waals surface area contributed by atoms with Crippen molar-refractivity contribution in [1.82, 2.24) is 0 Å². The zero-order chi connectivity index (χ0) is 14.9. The van der Waals surface area contributed by atoms with Gasteiger partial charge in [-0.25, -0.2) is 8.42 Å². The van der Waals surface area contributed by atoms with Gasteiger partial charge in [0.15, 0.2) is 9.84 Å². The Hall–Kier alpha value is -1.65. The van der Waals surface area contributed by atoms with Crippen molar-refractivity contribution in [3.63, 3.8) is 0 Å². The van der Waals surface area contributed by atoms with Gasteiger partial charge in [0.25, 0.3) is 0 Å². The molecule has 1 saturated heterocycles. The van der Waals surface area contributed by atoms with Gasteiger partial charge < -0.3 is 4.74 Å². The maximum absolute atomic E-state index is 12.7. The second-order valence-electron chi connectivity index (χ2n) is 5.37. The van der Waals surface area contributed by atoms with Crippen LogP contribution in [-0.4, -0.2) is 19.8 Å². The number of rotatable bonds is 3. The molecule has 3 atom stereocenters. The van der Waals surface area contributed by atoms with Crippen molar-refractivity contribution in [3.05, 3.63) is 66.2 Å². The van der Waals surface area contributed by atoms with E-state index in [0.29, 0.717) is 11.3 Å². The molecule has 0 N–H and O–H groups in total. The second kappa shape index (κ2) is 5.62. The Morgan fingerprint density at radius 2 is 1.52 bits per heavy atom. The Bertz CT molecular complexity index is 695. The van der Waals surface area contributed by atoms with Crippen LogP contribution in [0.3, 0.4) is 0 Å². The van der Waals surface area contributed by atoms with Crippen LogP contribution in [0.1, 0.15) is 25.0 Å². The first-order valence-electron chi connectivity index (χ1n) is 7.08. The Morgan fingerprint density at radius 3 is 2.14 bits per heavy atom. The van der Waals surface area contributed by atoms with Gasteiger partial charge >= 0.3 is 0 Å². The van der Waals surface area contributed by atoms with Gasteiger partial charge in [-0.1, -0.05) is 48.5 Å². The summed E-state index contributed by atoms with van der Waals surface area (Å²) >= 11 is 0. The van der Waals surface area contributed by atoms with Crippen LogP contribution in [0.4, 0.5) is 0 Å². The molecule has 0 saturated carbocycles. The first-order chi connectivity index (χ1) is 10.1. The maximum atomic E-state index is 12.7. The molecule has 2 aromatic carbocycles. The van der Waals surface area contributed by atoms with Gasteiger partial charge in [0.1, 0.15) is 0 Å². The lowest BCUT2D eigenvalue weighted by atomic mass is 10.1. The topological polar surface area (TPSA) is 43.4 Å². The monoisotopic (exact) mass is 302 g/mol. The van der Waals surface area contributed by atoms with Crippen LogP contribution in [0.25, 0.3) is 0 Å². The molecular weight excluding hydrogens is 284 g/mol. The predicted molar refractivity (Wildman–Crippen MR) is 81.8 cm³/mol. The van der Waals surface area contributed by atoms with E-state index in [-0.39, 0.29) is 12.2 Å². The second-order valence-corrected chi connectivity index (χ2v) is 7.54. The normalized spacial score (nSPS) is 25.9. The van der Waals surface area contributed by atoms with E-state index in [9.17, 15) is 8.42 Å². The van der Waals surface area contributed by atoms with Gasteiger partial charge in [-0.3, -0.25) is 0 Å². The zero-order valence-electron chi connectivity index (χ0n) is 11.8. The Balaban J connectivity index is 1.87. The quantitative estimate of drug-likeness (QED) is 0.873. The summed E-state index contributed by atoms with van der Waals surface area (Å²) in [4.78, 5) is 0.374. The highest BCUT2D eigenvalue weighted by atomic mass is 32.2. The van der Waals surface area contributed by atoms with Gasteiger partial charge in [-0.2, -0.15) is 0 Å². The Kier molecular flexibility index (Phi) is 3.83. The molecule has 1 aliphatic heterocycles. The van der Waals surface area contributed by atoms with E-state index < -0.39 is 15.1 Å². The molecule has 4 heteroatoms. The lowest BCUT2D eigenvalue weighted by Gasteiger charge is -2.14. The van der Waals surface area contributed by atoms with Gasteiger partial charge in [0.2, 0.25) is 0 Å². The maximum Gasteiger partial charge on any atom is 0.183 e. The predicted octanol–water partition coefficient (Wildman–Crippen LogP) is 3.38. The standard InChI is InChI=1S/C17H18O3S/c1-13-17(21(18,19)15-10-6-3-7-11-15)12-16(20-13)14-8-4-2-5-9-14/h2-11,13,16-17H,12H2,1H3/t13-,16-,17+/m0/s1. The summed E-state index contributed by atoms with van der Waals surface area (Å²) in [6.07, 6.45) is 0.0488. The summed E-state index contributed by atoms with van der Waals surface area (Å²) in [5.74, 6) is 0. The molecule has 110 valence electrons. The van der Waals surface area contributed by atoms with Crippen molar-refractivity contribution in [3.8, 4) is 0 Å². The fourth-order valence-corrected chi connectivity index (χ4v) is 4.73. The van der Waals surface area contributed by atoms with E-state index in [4.69, 9.17) is 4.74 Å². The van der Waals surface area contributed by atoms with Crippen LogP contribution < -0.4 is 0 Å². The Labute approximate surface area is 125 Å². The fraction of sp³-hybridized carbons (Fsp3) is 0.294. The summed E-state index contributed by atoms with van der Waals surface area (Å²) < 4.78 is 31.4. The zero-order valence-corrected chi connectivity index (χ0v) is 12.7. The fourth-order valence-electron chi connectivity index (χ4n) is 2.85. The highest BCUT2D eigenvalue weighted by Gasteiger charge is 2.41. The minimum atomic E-state index is -3.35. The molecule has 0 amide bonds. The van der Waals surface area contributed by atoms with Gasteiger partial charge in [-0.15, -0.1) is 0 Å². The van der Waals surface area contributed by atoms with Crippen LogP contribution in [0.15, 0.2) is 65.6 Å². The van der Waals surface area contributed by atoms with Gasteiger partial charge in [0, 0.05) is 0 Å². The van der Waals surface area contributed by atoms with Crippen LogP contribution in [0.5, 0.6) is 0 Å². The molecule has 1 fully saturated rings. The van der Waals surface area contributed by atoms with Crippen molar-refractivity contribution in [2.24, 2.45) is 0 Å². The molecule has 0 bridgehead atoms. The molecule has 3 rings (SSSR count). The Morgan fingerprint density at radius 1 is 0.952 bits per heavy atom. The molecular formula is C17H18O3S. The van der Waals surface area contributed by atoms with E-state index >= 15 is 0 Å². The minimum absolute atomic E-state index is 0.148. The highest BCUT2D eigenvalue weighted by molar-refractivity contribution is 7.92. The smallest absolute Gasteiger partial charge is 0.183 e. The molecule has 1 heterocycles. The lowest BCUT2D eigenvalue weighted by molar-refractivity contribution is 0.0561. The van der Waals surface area contributed by atoms with E-state index in [1.54, 1.807) is 24.3 Å². The molecule has 2 aromatic rings. The number of sulfone groups is 1. The van der Waals surface area contributed by atoms with Crippen LogP contribution in [0.2, 0.25) is 0 Å². The van der Waals surface area contributed by atoms with Gasteiger partial charge in [-0.05, 0) is 31.0 Å². The third-order valence-corrected chi connectivity index (χ3v) is 6.29. The van der Waals surface area contributed by atoms with E-state index in [0.717, 1.165) is 5.56 Å². The average molecular weight is 302 g/mol. The van der Waals surface area contributed by atoms with E-state index in [2.05, 4.69) is 0 Å². The molecule has 3 nitrogen and oxygen atoms in total. The van der Waals surface area contributed by atoms with E-state index in [1.165, 1.54) is 0 Å². The van der Waals surface area contributed by atoms with Crippen molar-refractivity contribution in [1.29, 1.82) is 0 Å². The number of benzene rings is 2. The molecule has 0 unspecified atom stereocenters. The number of hydrogen-bond acceptors (Lipinski definition) is 3. The van der Waals surface area contributed by atoms with E-state index in [1.807, 2.05) is 43.3 Å². The summed E-state index contributed by atoms with van der Waals surface area (Å²) in [7, 11) is -3.35. The molecule has 0 aromatic heterocycles. The van der Waals surface area contributed by atoms with Crippen molar-refractivity contribution in [2.75, 3.05) is 0 Å². The SMILES string of the molecule is C[C@@H]1O[C@H](c2ccccc2)C[C@H]1S(=O)(=O)c1ccccc1. The molecule has 0 radical (unpaired) electrons. The lowest BCUT2D eigenvalue weighted by Crippen LogP contribution is -2.27. The van der Waals surface area contributed by atoms with Crippen molar-refractivity contribution >= 4 is 9.84 Å². The largest absolute Gasteiger partial charge is 0.369 e. The van der Waals surface area contributed by atoms with Crippen LogP contribution in [-0.2, 0) is 14.6 Å². The first kappa shape index (κ1) is 14.3. The molecule has 0 spiro atoms. The van der Waals surface area contributed by atoms with Crippen LogP contribution in [0, 0.1) is 0 Å². The molecule has 0 aliphatic carbocycles. The van der Waals surface area contributed by atoms with Crippen LogP contribution >= 0.6 is 0 Å². The molecule has 1 aliphatic rings. The average Bonchev–Trinajstić information content (AvgIpc) is 2.92. The minimum Gasteiger partial charge on any atom is -0.369 e. The third-order valence-electron chi connectivity index (χ3n) is 3.99. The third kappa shape index (κ3) is 2.74. The summed E-state index contributed by atoms with van der Waals surface area (Å²) in [6, 6.07) is 18.4. The molecule has 21 heavy (non-hydrogen) atoms. The summed E-state index contributed by atoms with van der Waals surface area (Å²) in [5.41, 5.74) is 1.04. The number of ether oxygens (including phenoxy) is 1. The van der Waals surface area contributed by atoms with Crippen molar-refractivity contribution in [2.45, 2.75) is 35.7 Å². The summed E-state index contributed by atoms with van der Waals surface area (Å²) in [5, 5.41) is -0.495. The first-order valence-corrected chi connectivity index (χ1v) is 8.63. The van der Waals surface area contributed by atoms with Crippen molar-refractivity contribution < 1.29 is 13.2 Å². The van der Waals surface area contributed by atoms with Gasteiger partial charge in [0.05, 0.1) is 22.4 Å². The number of hydrogen-bond donors (Lipinski definition) is 0.